The molecule has 1 saturated carbocycles. The molecule has 0 aliphatic heterocycles. The summed E-state index contributed by atoms with van der Waals surface area (Å²) in [5.41, 5.74) is 1.53. The average molecular weight is 307 g/mol. The van der Waals surface area contributed by atoms with Crippen molar-refractivity contribution in [3.8, 4) is 0 Å². The summed E-state index contributed by atoms with van der Waals surface area (Å²) in [5, 5.41) is 17.2. The minimum atomic E-state index is -0.202. The highest BCUT2D eigenvalue weighted by Crippen LogP contribution is 2.23. The highest BCUT2D eigenvalue weighted by molar-refractivity contribution is 5.92. The highest BCUT2D eigenvalue weighted by atomic mass is 16.3. The molecule has 0 saturated heterocycles. The molecular weight excluding hydrogens is 278 g/mol. The average Bonchev–Trinajstić information content (AvgIpc) is 2.88. The Balaban J connectivity index is 1.93. The van der Waals surface area contributed by atoms with Crippen molar-refractivity contribution in [1.29, 1.82) is 0 Å². The van der Waals surface area contributed by atoms with Crippen LogP contribution >= 0.6 is 0 Å². The number of carbonyl (C=O) groups excluding carboxylic acids is 1. The van der Waals surface area contributed by atoms with Crippen LogP contribution in [0.25, 0.3) is 0 Å². The Morgan fingerprint density at radius 3 is 2.82 bits per heavy atom. The van der Waals surface area contributed by atoms with E-state index in [-0.39, 0.29) is 12.0 Å². The normalized spacial score (nSPS) is 22.0. The molecule has 1 aromatic rings. The van der Waals surface area contributed by atoms with Gasteiger partial charge in [0.05, 0.1) is 12.1 Å². The van der Waals surface area contributed by atoms with Crippen molar-refractivity contribution in [3.63, 3.8) is 0 Å². The number of aryl methyl sites for hydroxylation is 1. The van der Waals surface area contributed by atoms with Gasteiger partial charge < -0.3 is 10.4 Å². The van der Waals surface area contributed by atoms with Crippen molar-refractivity contribution in [1.82, 2.24) is 15.1 Å². The molecule has 1 aliphatic carbocycles. The molecule has 0 radical (unpaired) electrons. The number of rotatable bonds is 6. The van der Waals surface area contributed by atoms with Crippen molar-refractivity contribution >= 4 is 5.91 Å². The Morgan fingerprint density at radius 1 is 1.45 bits per heavy atom. The summed E-state index contributed by atoms with van der Waals surface area (Å²) >= 11 is 0. The maximum absolute atomic E-state index is 12.3. The van der Waals surface area contributed by atoms with E-state index in [4.69, 9.17) is 0 Å². The van der Waals surface area contributed by atoms with Gasteiger partial charge in [-0.2, -0.15) is 5.10 Å². The molecule has 1 aliphatic rings. The zero-order chi connectivity index (χ0) is 16.1. The van der Waals surface area contributed by atoms with Gasteiger partial charge in [0.15, 0.2) is 0 Å². The number of hydrogen-bond donors (Lipinski definition) is 2. The van der Waals surface area contributed by atoms with Crippen molar-refractivity contribution in [3.05, 3.63) is 17.5 Å². The smallest absolute Gasteiger partial charge is 0.271 e. The molecule has 2 unspecified atom stereocenters. The summed E-state index contributed by atoms with van der Waals surface area (Å²) in [7, 11) is 0. The molecule has 2 N–H and O–H groups in total. The molecule has 1 fully saturated rings. The van der Waals surface area contributed by atoms with Gasteiger partial charge in [-0.05, 0) is 51.0 Å². The Labute approximate surface area is 133 Å². The van der Waals surface area contributed by atoms with Gasteiger partial charge >= 0.3 is 0 Å². The fraction of sp³-hybridized carbons (Fsp3) is 0.765. The van der Waals surface area contributed by atoms with E-state index in [1.54, 1.807) is 0 Å². The number of nitrogens with one attached hydrogen (secondary N) is 1. The quantitative estimate of drug-likeness (QED) is 0.849. The van der Waals surface area contributed by atoms with Crippen LogP contribution < -0.4 is 5.32 Å². The number of amides is 1. The van der Waals surface area contributed by atoms with Crippen LogP contribution in [-0.2, 0) is 0 Å². The Kier molecular flexibility index (Phi) is 6.00. The summed E-state index contributed by atoms with van der Waals surface area (Å²) in [6, 6.07) is 2.22. The molecule has 5 heteroatoms. The molecule has 1 aromatic heterocycles. The fourth-order valence-electron chi connectivity index (χ4n) is 3.38. The molecule has 0 aromatic carbocycles. The first-order valence-corrected chi connectivity index (χ1v) is 8.57. The minimum Gasteiger partial charge on any atom is -0.393 e. The first kappa shape index (κ1) is 17.0. The summed E-state index contributed by atoms with van der Waals surface area (Å²) < 4.78 is 1.97. The van der Waals surface area contributed by atoms with E-state index in [0.29, 0.717) is 24.2 Å². The summed E-state index contributed by atoms with van der Waals surface area (Å²) in [6.07, 6.45) is 5.64. The number of hydrogen-bond acceptors (Lipinski definition) is 3. The van der Waals surface area contributed by atoms with Gasteiger partial charge in [-0.15, -0.1) is 0 Å². The molecule has 2 rings (SSSR count). The monoisotopic (exact) mass is 307 g/mol. The van der Waals surface area contributed by atoms with E-state index in [9.17, 15) is 9.90 Å². The van der Waals surface area contributed by atoms with Gasteiger partial charge in [0.1, 0.15) is 5.69 Å². The third kappa shape index (κ3) is 4.09. The lowest BCUT2D eigenvalue weighted by molar-refractivity contribution is 0.0869. The predicted molar refractivity (Wildman–Crippen MR) is 86.9 cm³/mol. The zero-order valence-corrected chi connectivity index (χ0v) is 14.0. The first-order chi connectivity index (χ1) is 10.5. The van der Waals surface area contributed by atoms with E-state index in [0.717, 1.165) is 44.2 Å². The number of carbonyl (C=O) groups is 1. The lowest BCUT2D eigenvalue weighted by atomic mass is 9.87. The van der Waals surface area contributed by atoms with E-state index in [1.807, 2.05) is 17.7 Å². The van der Waals surface area contributed by atoms with Crippen LogP contribution in [0, 0.1) is 12.8 Å². The van der Waals surface area contributed by atoms with Gasteiger partial charge in [0.2, 0.25) is 0 Å². The summed E-state index contributed by atoms with van der Waals surface area (Å²) in [4.78, 5) is 12.3. The van der Waals surface area contributed by atoms with Crippen LogP contribution in [-0.4, -0.2) is 33.4 Å². The van der Waals surface area contributed by atoms with Crippen LogP contribution in [0.5, 0.6) is 0 Å². The zero-order valence-electron chi connectivity index (χ0n) is 14.0. The lowest BCUT2D eigenvalue weighted by Gasteiger charge is -2.25. The maximum Gasteiger partial charge on any atom is 0.271 e. The topological polar surface area (TPSA) is 67.2 Å². The van der Waals surface area contributed by atoms with Gasteiger partial charge in [-0.3, -0.25) is 9.48 Å². The van der Waals surface area contributed by atoms with Crippen LogP contribution in [0.2, 0.25) is 0 Å². The fourth-order valence-corrected chi connectivity index (χ4v) is 3.38. The standard InChI is InChI=1S/C17H29N3O2/c1-4-14(5-2)20-12(3)9-16(19-20)17(22)18-11-13-7-6-8-15(21)10-13/h9,13-15,21H,4-8,10-11H2,1-3H3,(H,18,22). The van der Waals surface area contributed by atoms with Crippen molar-refractivity contribution in [2.45, 2.75) is 71.4 Å². The lowest BCUT2D eigenvalue weighted by Crippen LogP contribution is -2.33. The second-order valence-corrected chi connectivity index (χ2v) is 6.48. The third-order valence-electron chi connectivity index (χ3n) is 4.75. The van der Waals surface area contributed by atoms with Crippen LogP contribution in [0.4, 0.5) is 0 Å². The Hall–Kier alpha value is -1.36. The Bertz CT molecular complexity index is 494. The summed E-state index contributed by atoms with van der Waals surface area (Å²) in [5.74, 6) is 0.280. The maximum atomic E-state index is 12.3. The van der Waals surface area contributed by atoms with E-state index < -0.39 is 0 Å². The van der Waals surface area contributed by atoms with E-state index >= 15 is 0 Å². The molecule has 5 nitrogen and oxygen atoms in total. The van der Waals surface area contributed by atoms with Crippen molar-refractivity contribution in [2.75, 3.05) is 6.54 Å². The van der Waals surface area contributed by atoms with Gasteiger partial charge in [0, 0.05) is 12.2 Å². The predicted octanol–water partition coefficient (Wildman–Crippen LogP) is 2.83. The number of nitrogens with zero attached hydrogens (tertiary/aromatic N) is 2. The first-order valence-electron chi connectivity index (χ1n) is 8.57. The molecule has 1 amide bonds. The van der Waals surface area contributed by atoms with Crippen LogP contribution in [0.15, 0.2) is 6.07 Å². The Morgan fingerprint density at radius 2 is 2.18 bits per heavy atom. The SMILES string of the molecule is CCC(CC)n1nc(C(=O)NCC2CCCC(O)C2)cc1C. The van der Waals surface area contributed by atoms with Gasteiger partial charge in [-0.1, -0.05) is 20.3 Å². The van der Waals surface area contributed by atoms with Crippen molar-refractivity contribution in [2.24, 2.45) is 5.92 Å². The van der Waals surface area contributed by atoms with Crippen molar-refractivity contribution < 1.29 is 9.90 Å². The minimum absolute atomic E-state index is 0.104. The molecule has 0 spiro atoms. The largest absolute Gasteiger partial charge is 0.393 e. The highest BCUT2D eigenvalue weighted by Gasteiger charge is 2.22. The third-order valence-corrected chi connectivity index (χ3v) is 4.75. The van der Waals surface area contributed by atoms with Gasteiger partial charge in [-0.25, -0.2) is 0 Å². The number of aromatic nitrogens is 2. The molecule has 124 valence electrons. The van der Waals surface area contributed by atoms with Gasteiger partial charge in [0.25, 0.3) is 5.91 Å². The summed E-state index contributed by atoms with van der Waals surface area (Å²) in [6.45, 7) is 6.92. The second kappa shape index (κ2) is 7.77. The van der Waals surface area contributed by atoms with E-state index in [1.165, 1.54) is 0 Å². The number of aliphatic hydroxyl groups excluding tert-OH is 1. The second-order valence-electron chi connectivity index (χ2n) is 6.48. The van der Waals surface area contributed by atoms with Crippen LogP contribution in [0.3, 0.4) is 0 Å². The van der Waals surface area contributed by atoms with E-state index in [2.05, 4.69) is 24.3 Å². The molecule has 22 heavy (non-hydrogen) atoms. The molecule has 2 atom stereocenters. The molecular formula is C17H29N3O2. The molecule has 0 bridgehead atoms. The number of aliphatic hydroxyl groups is 1. The molecule has 1 heterocycles. The van der Waals surface area contributed by atoms with Crippen LogP contribution in [0.1, 0.15) is 74.6 Å².